The molecule has 1 aliphatic rings. The van der Waals surface area contributed by atoms with Gasteiger partial charge in [-0.1, -0.05) is 47.5 Å². The van der Waals surface area contributed by atoms with E-state index in [1.54, 1.807) is 29.2 Å². The van der Waals surface area contributed by atoms with Crippen molar-refractivity contribution in [2.75, 3.05) is 32.7 Å². The number of nitrogens with zero attached hydrogens (tertiary/aromatic N) is 2. The monoisotopic (exact) mass is 415 g/mol. The van der Waals surface area contributed by atoms with Gasteiger partial charge in [-0.15, -0.1) is 0 Å². The van der Waals surface area contributed by atoms with Crippen LogP contribution in [0.25, 0.3) is 0 Å². The summed E-state index contributed by atoms with van der Waals surface area (Å²) in [6, 6.07) is 14.7. The van der Waals surface area contributed by atoms with Gasteiger partial charge in [-0.2, -0.15) is 4.31 Å². The summed E-state index contributed by atoms with van der Waals surface area (Å²) in [5, 5.41) is 3.22. The summed E-state index contributed by atoms with van der Waals surface area (Å²) in [4.78, 5) is 14.7. The van der Waals surface area contributed by atoms with Crippen molar-refractivity contribution >= 4 is 15.9 Å². The van der Waals surface area contributed by atoms with Crippen LogP contribution in [0.4, 0.5) is 0 Å². The lowest BCUT2D eigenvalue weighted by atomic mass is 10.1. The zero-order valence-electron chi connectivity index (χ0n) is 17.1. The number of benzene rings is 2. The molecule has 0 unspecified atom stereocenters. The van der Waals surface area contributed by atoms with Crippen LogP contribution in [-0.2, 0) is 21.4 Å². The van der Waals surface area contributed by atoms with Gasteiger partial charge >= 0.3 is 0 Å². The van der Waals surface area contributed by atoms with Gasteiger partial charge in [-0.25, -0.2) is 8.42 Å². The molecule has 0 aliphatic carbocycles. The summed E-state index contributed by atoms with van der Waals surface area (Å²) >= 11 is 0. The number of carbonyl (C=O) groups is 1. The number of aryl methyl sites for hydroxylation is 2. The molecular weight excluding hydrogens is 386 g/mol. The fraction of sp³-hybridized carbons (Fsp3) is 0.409. The Hall–Kier alpha value is -2.22. The molecule has 1 amide bonds. The quantitative estimate of drug-likeness (QED) is 0.754. The lowest BCUT2D eigenvalue weighted by molar-refractivity contribution is -0.131. The second kappa shape index (κ2) is 9.52. The average Bonchev–Trinajstić information content (AvgIpc) is 2.71. The lowest BCUT2D eigenvalue weighted by Crippen LogP contribution is -2.47. The minimum absolute atomic E-state index is 0.000140. The fourth-order valence-electron chi connectivity index (χ4n) is 3.45. The smallest absolute Gasteiger partial charge is 0.243 e. The molecule has 1 heterocycles. The number of amides is 1. The molecule has 1 saturated heterocycles. The Morgan fingerprint density at radius 1 is 1.03 bits per heavy atom. The molecule has 2 aromatic rings. The van der Waals surface area contributed by atoms with Crippen LogP contribution in [0.3, 0.4) is 0 Å². The first-order valence-electron chi connectivity index (χ1n) is 9.97. The first kappa shape index (κ1) is 21.5. The van der Waals surface area contributed by atoms with Crippen molar-refractivity contribution in [3.8, 4) is 0 Å². The molecule has 1 aliphatic heterocycles. The molecule has 29 heavy (non-hydrogen) atoms. The van der Waals surface area contributed by atoms with Crippen LogP contribution in [0.5, 0.6) is 0 Å². The van der Waals surface area contributed by atoms with Crippen molar-refractivity contribution in [3.05, 3.63) is 65.2 Å². The summed E-state index contributed by atoms with van der Waals surface area (Å²) < 4.78 is 28.0. The number of carbonyl (C=O) groups excluding carboxylic acids is 1. The lowest BCUT2D eigenvalue weighted by Gasteiger charge is -2.29. The minimum Gasteiger partial charge on any atom is -0.340 e. The van der Waals surface area contributed by atoms with Gasteiger partial charge in [0.2, 0.25) is 15.9 Å². The third kappa shape index (κ3) is 5.65. The Morgan fingerprint density at radius 2 is 1.72 bits per heavy atom. The minimum atomic E-state index is -3.71. The number of hydrogen-bond donors (Lipinski definition) is 1. The van der Waals surface area contributed by atoms with E-state index in [4.69, 9.17) is 0 Å². The molecule has 0 radical (unpaired) electrons. The molecule has 0 aromatic heterocycles. The zero-order chi connectivity index (χ0) is 20.9. The number of sulfonamides is 1. The molecule has 156 valence electrons. The highest BCUT2D eigenvalue weighted by Gasteiger charge is 2.26. The molecule has 0 saturated carbocycles. The van der Waals surface area contributed by atoms with Crippen LogP contribution in [0, 0.1) is 13.8 Å². The van der Waals surface area contributed by atoms with Crippen molar-refractivity contribution in [1.82, 2.24) is 14.5 Å². The Balaban J connectivity index is 1.80. The van der Waals surface area contributed by atoms with E-state index >= 15 is 0 Å². The maximum Gasteiger partial charge on any atom is 0.243 e. The molecule has 1 fully saturated rings. The first-order chi connectivity index (χ1) is 13.9. The van der Waals surface area contributed by atoms with E-state index in [1.165, 1.54) is 4.31 Å². The molecule has 3 rings (SSSR count). The maximum atomic E-state index is 13.3. The molecule has 0 bridgehead atoms. The van der Waals surface area contributed by atoms with Crippen molar-refractivity contribution in [1.29, 1.82) is 0 Å². The van der Waals surface area contributed by atoms with Crippen molar-refractivity contribution in [2.45, 2.75) is 31.7 Å². The van der Waals surface area contributed by atoms with Gasteiger partial charge < -0.3 is 10.2 Å². The van der Waals surface area contributed by atoms with E-state index in [2.05, 4.69) is 5.32 Å². The van der Waals surface area contributed by atoms with Crippen LogP contribution < -0.4 is 5.32 Å². The topological polar surface area (TPSA) is 69.7 Å². The second-order valence-electron chi connectivity index (χ2n) is 7.52. The van der Waals surface area contributed by atoms with Crippen LogP contribution in [0.1, 0.15) is 23.1 Å². The largest absolute Gasteiger partial charge is 0.340 e. The van der Waals surface area contributed by atoms with Gasteiger partial charge in [0.15, 0.2) is 0 Å². The summed E-state index contributed by atoms with van der Waals surface area (Å²) in [6.45, 7) is 7.20. The molecule has 6 nitrogen and oxygen atoms in total. The molecule has 1 N–H and O–H groups in total. The van der Waals surface area contributed by atoms with E-state index in [9.17, 15) is 13.2 Å². The van der Waals surface area contributed by atoms with E-state index in [0.717, 1.165) is 29.8 Å². The van der Waals surface area contributed by atoms with Crippen molar-refractivity contribution in [2.24, 2.45) is 0 Å². The van der Waals surface area contributed by atoms with E-state index < -0.39 is 10.0 Å². The molecular formula is C22H29N3O3S. The van der Waals surface area contributed by atoms with Gasteiger partial charge in [0.25, 0.3) is 0 Å². The number of rotatable bonds is 7. The number of piperazine rings is 1. The van der Waals surface area contributed by atoms with E-state index in [-0.39, 0.29) is 30.3 Å². The normalized spacial score (nSPS) is 14.9. The fourth-order valence-corrected chi connectivity index (χ4v) is 4.88. The Labute approximate surface area is 173 Å². The Kier molecular flexibility index (Phi) is 7.05. The standard InChI is InChI=1S/C22H29N3O3S/c1-18-6-8-21(9-7-18)29(27,28)25(17-20-5-3-4-19(2)16-20)13-10-22(26)24-14-11-23-12-15-24/h3-9,16,23H,10-15,17H2,1-2H3. The van der Waals surface area contributed by atoms with Gasteiger partial charge in [0, 0.05) is 45.7 Å². The molecule has 2 aromatic carbocycles. The van der Waals surface area contributed by atoms with Gasteiger partial charge in [0.05, 0.1) is 4.90 Å². The maximum absolute atomic E-state index is 13.3. The molecule has 7 heteroatoms. The predicted molar refractivity (Wildman–Crippen MR) is 114 cm³/mol. The van der Waals surface area contributed by atoms with E-state index in [1.807, 2.05) is 38.1 Å². The van der Waals surface area contributed by atoms with Crippen LogP contribution in [-0.4, -0.2) is 56.3 Å². The SMILES string of the molecule is Cc1ccc(S(=O)(=O)N(CCC(=O)N2CCNCC2)Cc2cccc(C)c2)cc1. The summed E-state index contributed by atoms with van der Waals surface area (Å²) in [7, 11) is -3.71. The third-order valence-electron chi connectivity index (χ3n) is 5.14. The van der Waals surface area contributed by atoms with Gasteiger partial charge in [-0.05, 0) is 31.5 Å². The summed E-state index contributed by atoms with van der Waals surface area (Å²) in [5.74, 6) is -0.000140. The Bertz CT molecular complexity index is 936. The predicted octanol–water partition coefficient (Wildman–Crippen LogP) is 2.32. The zero-order valence-corrected chi connectivity index (χ0v) is 17.9. The van der Waals surface area contributed by atoms with Crippen LogP contribution in [0.15, 0.2) is 53.4 Å². The van der Waals surface area contributed by atoms with Crippen molar-refractivity contribution < 1.29 is 13.2 Å². The highest BCUT2D eigenvalue weighted by Crippen LogP contribution is 2.20. The number of hydrogen-bond acceptors (Lipinski definition) is 4. The van der Waals surface area contributed by atoms with E-state index in [0.29, 0.717) is 13.1 Å². The molecule has 0 spiro atoms. The highest BCUT2D eigenvalue weighted by atomic mass is 32.2. The summed E-state index contributed by atoms with van der Waals surface area (Å²) in [6.07, 6.45) is 0.177. The van der Waals surface area contributed by atoms with Crippen LogP contribution >= 0.6 is 0 Å². The second-order valence-corrected chi connectivity index (χ2v) is 9.46. The highest BCUT2D eigenvalue weighted by molar-refractivity contribution is 7.89. The summed E-state index contributed by atoms with van der Waals surface area (Å²) in [5.41, 5.74) is 2.99. The average molecular weight is 416 g/mol. The molecule has 0 atom stereocenters. The Morgan fingerprint density at radius 3 is 2.38 bits per heavy atom. The van der Waals surface area contributed by atoms with Crippen LogP contribution in [0.2, 0.25) is 0 Å². The number of nitrogens with one attached hydrogen (secondary N) is 1. The first-order valence-corrected chi connectivity index (χ1v) is 11.4. The van der Waals surface area contributed by atoms with Crippen molar-refractivity contribution in [3.63, 3.8) is 0 Å². The van der Waals surface area contributed by atoms with Gasteiger partial charge in [0.1, 0.15) is 0 Å². The van der Waals surface area contributed by atoms with Gasteiger partial charge in [-0.3, -0.25) is 4.79 Å². The third-order valence-corrected chi connectivity index (χ3v) is 7.00.